The van der Waals surface area contributed by atoms with Crippen LogP contribution in [0, 0.1) is 6.92 Å². The Morgan fingerprint density at radius 3 is 2.13 bits per heavy atom. The van der Waals surface area contributed by atoms with Gasteiger partial charge in [-0.05, 0) is 74.2 Å². The van der Waals surface area contributed by atoms with Crippen molar-refractivity contribution in [3.8, 4) is 17.2 Å². The number of aryl methyl sites for hydroxylation is 1. The third-order valence-electron chi connectivity index (χ3n) is 9.35. The van der Waals surface area contributed by atoms with Crippen molar-refractivity contribution < 1.29 is 32.2 Å². The summed E-state index contributed by atoms with van der Waals surface area (Å²) in [6.45, 7) is 3.81. The number of rotatable bonds is 16. The number of carbonyl (C=O) groups is 2. The van der Waals surface area contributed by atoms with E-state index in [4.69, 9.17) is 14.2 Å². The summed E-state index contributed by atoms with van der Waals surface area (Å²) in [5.41, 5.74) is 3.01. The average molecular weight is 728 g/mol. The lowest BCUT2D eigenvalue weighted by atomic mass is 9.94. The predicted molar refractivity (Wildman–Crippen MR) is 202 cm³/mol. The van der Waals surface area contributed by atoms with Crippen LogP contribution in [0.1, 0.15) is 55.7 Å². The van der Waals surface area contributed by atoms with E-state index >= 15 is 0 Å². The highest BCUT2D eigenvalue weighted by atomic mass is 32.2. The van der Waals surface area contributed by atoms with E-state index in [9.17, 15) is 18.0 Å². The van der Waals surface area contributed by atoms with Gasteiger partial charge in [0.1, 0.15) is 18.3 Å². The van der Waals surface area contributed by atoms with Crippen LogP contribution in [0.25, 0.3) is 0 Å². The largest absolute Gasteiger partial charge is 0.494 e. The molecule has 4 aromatic rings. The lowest BCUT2D eigenvalue weighted by Gasteiger charge is -2.35. The Balaban J connectivity index is 1.58. The number of amides is 2. The van der Waals surface area contributed by atoms with Gasteiger partial charge in [-0.2, -0.15) is 0 Å². The average Bonchev–Trinajstić information content (AvgIpc) is 3.16. The lowest BCUT2D eigenvalue weighted by Crippen LogP contribution is -2.55. The molecule has 0 bridgehead atoms. The minimum atomic E-state index is -4.36. The van der Waals surface area contributed by atoms with Gasteiger partial charge in [-0.15, -0.1) is 0 Å². The first-order valence-electron chi connectivity index (χ1n) is 17.8. The van der Waals surface area contributed by atoms with Crippen LogP contribution in [0.3, 0.4) is 0 Å². The fraction of sp³-hybridized carbons (Fsp3) is 0.366. The molecule has 52 heavy (non-hydrogen) atoms. The van der Waals surface area contributed by atoms with Crippen molar-refractivity contribution in [3.63, 3.8) is 0 Å². The molecule has 0 aromatic heterocycles. The second kappa shape index (κ2) is 17.9. The SMILES string of the molecule is CCOc1ccc(N(CC(=O)N(Cc2ccc(C)cc2)[C@@H](Cc2ccccc2)C(=O)NC2CCCCC2)S(=O)(=O)c2ccc(OC)c(OC)c2)cc1. The topological polar surface area (TPSA) is 114 Å². The van der Waals surface area contributed by atoms with Gasteiger partial charge >= 0.3 is 0 Å². The Labute approximate surface area is 307 Å². The molecule has 0 radical (unpaired) electrons. The third kappa shape index (κ3) is 9.64. The number of hydrogen-bond donors (Lipinski definition) is 1. The van der Waals surface area contributed by atoms with E-state index in [-0.39, 0.29) is 41.2 Å². The number of sulfonamides is 1. The van der Waals surface area contributed by atoms with Crippen molar-refractivity contribution in [2.75, 3.05) is 31.7 Å². The molecule has 2 amide bonds. The number of ether oxygens (including phenoxy) is 3. The summed E-state index contributed by atoms with van der Waals surface area (Å²) in [4.78, 5) is 30.6. The molecule has 0 heterocycles. The van der Waals surface area contributed by atoms with Crippen LogP contribution in [0.15, 0.2) is 102 Å². The monoisotopic (exact) mass is 727 g/mol. The Kier molecular flexibility index (Phi) is 13.2. The quantitative estimate of drug-likeness (QED) is 0.137. The van der Waals surface area contributed by atoms with Gasteiger partial charge in [0.25, 0.3) is 10.0 Å². The van der Waals surface area contributed by atoms with E-state index in [1.165, 1.54) is 37.3 Å². The van der Waals surface area contributed by atoms with Crippen LogP contribution >= 0.6 is 0 Å². The Morgan fingerprint density at radius 1 is 0.827 bits per heavy atom. The van der Waals surface area contributed by atoms with Crippen LogP contribution in [0.5, 0.6) is 17.2 Å². The molecule has 11 heteroatoms. The molecule has 5 rings (SSSR count). The molecular weight excluding hydrogens is 679 g/mol. The van der Waals surface area contributed by atoms with Gasteiger partial charge in [0.2, 0.25) is 11.8 Å². The highest BCUT2D eigenvalue weighted by Gasteiger charge is 2.36. The van der Waals surface area contributed by atoms with Crippen LogP contribution in [-0.4, -0.2) is 64.6 Å². The van der Waals surface area contributed by atoms with Gasteiger partial charge in [-0.3, -0.25) is 13.9 Å². The summed E-state index contributed by atoms with van der Waals surface area (Å²) in [5, 5.41) is 3.25. The highest BCUT2D eigenvalue weighted by Crippen LogP contribution is 2.33. The molecule has 0 spiro atoms. The molecule has 0 unspecified atom stereocenters. The van der Waals surface area contributed by atoms with Crippen molar-refractivity contribution >= 4 is 27.5 Å². The maximum atomic E-state index is 14.9. The van der Waals surface area contributed by atoms with Gasteiger partial charge in [0.05, 0.1) is 31.4 Å². The first-order chi connectivity index (χ1) is 25.1. The van der Waals surface area contributed by atoms with E-state index in [1.54, 1.807) is 24.3 Å². The van der Waals surface area contributed by atoms with E-state index in [0.29, 0.717) is 18.1 Å². The standard InChI is InChI=1S/C41H49N3O7S/c1-5-51-35-22-20-34(21-23-35)44(52(47,48)36-24-25-38(49-3)39(27-36)50-4)29-40(45)43(28-32-18-16-30(2)17-19-32)37(26-31-12-8-6-9-13-31)41(46)42-33-14-10-7-11-15-33/h6,8-9,12-13,16-25,27,33,37H,5,7,10-11,14-15,26,28-29H2,1-4H3,(H,42,46)/t37-/m0/s1. The van der Waals surface area contributed by atoms with Crippen molar-refractivity contribution in [1.82, 2.24) is 10.2 Å². The Hall–Kier alpha value is -5.03. The van der Waals surface area contributed by atoms with E-state index in [0.717, 1.165) is 53.1 Å². The number of hydrogen-bond acceptors (Lipinski definition) is 7. The zero-order valence-corrected chi connectivity index (χ0v) is 31.2. The fourth-order valence-corrected chi connectivity index (χ4v) is 7.93. The predicted octanol–water partition coefficient (Wildman–Crippen LogP) is 6.70. The Bertz CT molecular complexity index is 1880. The summed E-state index contributed by atoms with van der Waals surface area (Å²) in [7, 11) is -1.47. The van der Waals surface area contributed by atoms with Crippen LogP contribution in [0.4, 0.5) is 5.69 Å². The van der Waals surface area contributed by atoms with E-state index < -0.39 is 28.5 Å². The van der Waals surface area contributed by atoms with E-state index in [2.05, 4.69) is 5.32 Å². The first kappa shape index (κ1) is 38.2. The molecule has 1 aliphatic rings. The third-order valence-corrected chi connectivity index (χ3v) is 11.1. The zero-order chi connectivity index (χ0) is 37.1. The molecule has 1 atom stereocenters. The summed E-state index contributed by atoms with van der Waals surface area (Å²) >= 11 is 0. The molecule has 4 aromatic carbocycles. The molecule has 0 saturated heterocycles. The number of nitrogens with one attached hydrogen (secondary N) is 1. The lowest BCUT2D eigenvalue weighted by molar-refractivity contribution is -0.140. The molecule has 276 valence electrons. The zero-order valence-electron chi connectivity index (χ0n) is 30.4. The van der Waals surface area contributed by atoms with Gasteiger partial charge in [-0.1, -0.05) is 79.4 Å². The number of benzene rings is 4. The van der Waals surface area contributed by atoms with Crippen molar-refractivity contribution in [2.24, 2.45) is 0 Å². The minimum absolute atomic E-state index is 0.0154. The molecule has 1 N–H and O–H groups in total. The highest BCUT2D eigenvalue weighted by molar-refractivity contribution is 7.92. The van der Waals surface area contributed by atoms with Gasteiger partial charge < -0.3 is 24.4 Å². The van der Waals surface area contributed by atoms with Crippen molar-refractivity contribution in [2.45, 2.75) is 75.9 Å². The number of methoxy groups -OCH3 is 2. The minimum Gasteiger partial charge on any atom is -0.494 e. The Morgan fingerprint density at radius 2 is 1.50 bits per heavy atom. The van der Waals surface area contributed by atoms with Crippen LogP contribution < -0.4 is 23.8 Å². The van der Waals surface area contributed by atoms with Gasteiger partial charge in [-0.25, -0.2) is 8.42 Å². The second-order valence-electron chi connectivity index (χ2n) is 13.0. The summed E-state index contributed by atoms with van der Waals surface area (Å²) in [6.07, 6.45) is 5.21. The molecule has 10 nitrogen and oxygen atoms in total. The van der Waals surface area contributed by atoms with E-state index in [1.807, 2.05) is 68.4 Å². The normalized spacial score (nSPS) is 13.8. The molecular formula is C41H49N3O7S. The number of nitrogens with zero attached hydrogens (tertiary/aromatic N) is 2. The summed E-state index contributed by atoms with van der Waals surface area (Å²) < 4.78 is 46.6. The number of carbonyl (C=O) groups excluding carboxylic acids is 2. The molecule has 1 fully saturated rings. The maximum absolute atomic E-state index is 14.9. The summed E-state index contributed by atoms with van der Waals surface area (Å²) in [5.74, 6) is 0.362. The number of anilines is 1. The van der Waals surface area contributed by atoms with Gasteiger partial charge in [0.15, 0.2) is 11.5 Å². The van der Waals surface area contributed by atoms with Crippen molar-refractivity contribution in [3.05, 3.63) is 114 Å². The molecule has 1 aliphatic carbocycles. The smallest absolute Gasteiger partial charge is 0.264 e. The second-order valence-corrected chi connectivity index (χ2v) is 14.9. The van der Waals surface area contributed by atoms with Gasteiger partial charge in [0, 0.05) is 25.1 Å². The van der Waals surface area contributed by atoms with Crippen LogP contribution in [0.2, 0.25) is 0 Å². The fourth-order valence-electron chi connectivity index (χ4n) is 6.50. The molecule has 1 saturated carbocycles. The molecule has 0 aliphatic heterocycles. The van der Waals surface area contributed by atoms with Crippen molar-refractivity contribution in [1.29, 1.82) is 0 Å². The van der Waals surface area contributed by atoms with Crippen LogP contribution in [-0.2, 0) is 32.6 Å². The summed E-state index contributed by atoms with van der Waals surface area (Å²) in [6, 6.07) is 27.3. The maximum Gasteiger partial charge on any atom is 0.264 e. The first-order valence-corrected chi connectivity index (χ1v) is 19.2.